The van der Waals surface area contributed by atoms with Crippen molar-refractivity contribution in [2.45, 2.75) is 19.9 Å². The summed E-state index contributed by atoms with van der Waals surface area (Å²) in [5.74, 6) is -0.0695. The molecule has 0 bridgehead atoms. The molecule has 0 saturated carbocycles. The number of carbonyl (C=O) groups excluding carboxylic acids is 3. The van der Waals surface area contributed by atoms with Crippen LogP contribution in [0.15, 0.2) is 60.0 Å². The average Bonchev–Trinajstić information content (AvgIpc) is 3.33. The van der Waals surface area contributed by atoms with E-state index in [0.717, 1.165) is 0 Å². The highest BCUT2D eigenvalue weighted by Crippen LogP contribution is 2.28. The van der Waals surface area contributed by atoms with Gasteiger partial charge in [-0.2, -0.15) is 0 Å². The Balaban J connectivity index is 1.60. The topological polar surface area (TPSA) is 106 Å². The summed E-state index contributed by atoms with van der Waals surface area (Å²) in [5, 5.41) is 10.2. The number of anilines is 2. The zero-order valence-electron chi connectivity index (χ0n) is 18.5. The van der Waals surface area contributed by atoms with Crippen LogP contribution in [-0.2, 0) is 4.79 Å². The minimum absolute atomic E-state index is 0.0143. The summed E-state index contributed by atoms with van der Waals surface area (Å²) in [4.78, 5) is 37.2. The van der Waals surface area contributed by atoms with E-state index in [1.54, 1.807) is 48.5 Å². The standard InChI is InChI=1S/C24H25N3O5S/c1-15(2)25-22(28)14-32-19-11-6-16(13-20(19)31-3)23(29)26-17-7-9-18(10-8-17)27-24(30)21-5-4-12-33-21/h4-13,15H,14H2,1-3H3,(H,25,28)(H,26,29)(H,27,30). The molecule has 3 amide bonds. The number of hydrogen-bond acceptors (Lipinski definition) is 6. The highest BCUT2D eigenvalue weighted by Gasteiger charge is 2.13. The Morgan fingerprint density at radius 3 is 2.15 bits per heavy atom. The molecule has 1 heterocycles. The van der Waals surface area contributed by atoms with Gasteiger partial charge in [0.15, 0.2) is 18.1 Å². The van der Waals surface area contributed by atoms with Crippen molar-refractivity contribution in [3.63, 3.8) is 0 Å². The van der Waals surface area contributed by atoms with Gasteiger partial charge in [0.05, 0.1) is 12.0 Å². The van der Waals surface area contributed by atoms with Crippen molar-refractivity contribution in [3.8, 4) is 11.5 Å². The zero-order valence-corrected chi connectivity index (χ0v) is 19.3. The Kier molecular flexibility index (Phi) is 8.04. The lowest BCUT2D eigenvalue weighted by Gasteiger charge is -2.13. The molecule has 172 valence electrons. The number of carbonyl (C=O) groups is 3. The minimum atomic E-state index is -0.340. The van der Waals surface area contributed by atoms with E-state index in [1.165, 1.54) is 18.4 Å². The van der Waals surface area contributed by atoms with Crippen LogP contribution in [0.1, 0.15) is 33.9 Å². The van der Waals surface area contributed by atoms with Crippen LogP contribution < -0.4 is 25.4 Å². The predicted molar refractivity (Wildman–Crippen MR) is 128 cm³/mol. The van der Waals surface area contributed by atoms with E-state index in [2.05, 4.69) is 16.0 Å². The first kappa shape index (κ1) is 23.8. The number of amides is 3. The Morgan fingerprint density at radius 2 is 1.58 bits per heavy atom. The van der Waals surface area contributed by atoms with Gasteiger partial charge in [0, 0.05) is 23.0 Å². The van der Waals surface area contributed by atoms with Crippen LogP contribution in [0.3, 0.4) is 0 Å². The van der Waals surface area contributed by atoms with Gasteiger partial charge in [-0.25, -0.2) is 0 Å². The number of ether oxygens (including phenoxy) is 2. The molecule has 3 N–H and O–H groups in total. The molecule has 0 aliphatic heterocycles. The maximum atomic E-state index is 12.7. The molecule has 0 atom stereocenters. The number of hydrogen-bond donors (Lipinski definition) is 3. The third-order valence-corrected chi connectivity index (χ3v) is 5.25. The van der Waals surface area contributed by atoms with Crippen molar-refractivity contribution in [1.82, 2.24) is 5.32 Å². The van der Waals surface area contributed by atoms with Gasteiger partial charge in [-0.05, 0) is 67.8 Å². The Morgan fingerprint density at radius 1 is 0.909 bits per heavy atom. The van der Waals surface area contributed by atoms with Gasteiger partial charge < -0.3 is 25.4 Å². The lowest BCUT2D eigenvalue weighted by atomic mass is 10.1. The zero-order chi connectivity index (χ0) is 23.8. The number of methoxy groups -OCH3 is 1. The van der Waals surface area contributed by atoms with Gasteiger partial charge in [-0.15, -0.1) is 11.3 Å². The van der Waals surface area contributed by atoms with Crippen molar-refractivity contribution in [1.29, 1.82) is 0 Å². The minimum Gasteiger partial charge on any atom is -0.493 e. The van der Waals surface area contributed by atoms with Crippen LogP contribution in [0.5, 0.6) is 11.5 Å². The predicted octanol–water partition coefficient (Wildman–Crippen LogP) is 4.16. The van der Waals surface area contributed by atoms with Gasteiger partial charge in [0.2, 0.25) is 0 Å². The molecule has 0 spiro atoms. The van der Waals surface area contributed by atoms with Gasteiger partial charge >= 0.3 is 0 Å². The lowest BCUT2D eigenvalue weighted by Crippen LogP contribution is -2.34. The molecular formula is C24H25N3O5S. The van der Waals surface area contributed by atoms with E-state index < -0.39 is 0 Å². The van der Waals surface area contributed by atoms with Crippen LogP contribution in [0.4, 0.5) is 11.4 Å². The molecule has 8 nitrogen and oxygen atoms in total. The summed E-state index contributed by atoms with van der Waals surface area (Å²) in [6.07, 6.45) is 0. The third-order valence-electron chi connectivity index (χ3n) is 4.38. The third kappa shape index (κ3) is 6.81. The fourth-order valence-electron chi connectivity index (χ4n) is 2.88. The summed E-state index contributed by atoms with van der Waals surface area (Å²) in [5.41, 5.74) is 1.55. The second-order valence-corrected chi connectivity index (χ2v) is 8.29. The van der Waals surface area contributed by atoms with Gasteiger partial charge in [0.1, 0.15) is 0 Å². The SMILES string of the molecule is COc1cc(C(=O)Nc2ccc(NC(=O)c3cccs3)cc2)ccc1OCC(=O)NC(C)C. The van der Waals surface area contributed by atoms with Crippen molar-refractivity contribution in [3.05, 3.63) is 70.4 Å². The van der Waals surface area contributed by atoms with Gasteiger partial charge in [-0.3, -0.25) is 14.4 Å². The van der Waals surface area contributed by atoms with E-state index in [0.29, 0.717) is 33.3 Å². The maximum absolute atomic E-state index is 12.7. The monoisotopic (exact) mass is 467 g/mol. The van der Waals surface area contributed by atoms with Crippen molar-refractivity contribution >= 4 is 40.4 Å². The van der Waals surface area contributed by atoms with E-state index in [-0.39, 0.29) is 30.4 Å². The first-order valence-electron chi connectivity index (χ1n) is 10.2. The fraction of sp³-hybridized carbons (Fsp3) is 0.208. The molecular weight excluding hydrogens is 442 g/mol. The smallest absolute Gasteiger partial charge is 0.265 e. The van der Waals surface area contributed by atoms with Crippen molar-refractivity contribution < 1.29 is 23.9 Å². The summed E-state index contributed by atoms with van der Waals surface area (Å²) in [7, 11) is 1.46. The molecule has 0 saturated heterocycles. The highest BCUT2D eigenvalue weighted by molar-refractivity contribution is 7.12. The van der Waals surface area contributed by atoms with Crippen LogP contribution in [0, 0.1) is 0 Å². The molecule has 0 radical (unpaired) electrons. The second kappa shape index (κ2) is 11.1. The molecule has 3 rings (SSSR count). The Labute approximate surface area is 195 Å². The van der Waals surface area contributed by atoms with Gasteiger partial charge in [0.25, 0.3) is 17.7 Å². The average molecular weight is 468 g/mol. The van der Waals surface area contributed by atoms with Crippen LogP contribution >= 0.6 is 11.3 Å². The number of rotatable bonds is 9. The highest BCUT2D eigenvalue weighted by atomic mass is 32.1. The molecule has 9 heteroatoms. The van der Waals surface area contributed by atoms with Crippen LogP contribution in [-0.4, -0.2) is 37.5 Å². The summed E-state index contributed by atoms with van der Waals surface area (Å²) >= 11 is 1.36. The summed E-state index contributed by atoms with van der Waals surface area (Å²) in [6.45, 7) is 3.57. The molecule has 2 aromatic carbocycles. The number of thiophene rings is 1. The van der Waals surface area contributed by atoms with E-state index >= 15 is 0 Å². The summed E-state index contributed by atoms with van der Waals surface area (Å²) in [6, 6.07) is 15.1. The number of nitrogens with one attached hydrogen (secondary N) is 3. The van der Waals surface area contributed by atoms with Crippen LogP contribution in [0.25, 0.3) is 0 Å². The van der Waals surface area contributed by atoms with Crippen molar-refractivity contribution in [2.24, 2.45) is 0 Å². The van der Waals surface area contributed by atoms with Crippen molar-refractivity contribution in [2.75, 3.05) is 24.4 Å². The lowest BCUT2D eigenvalue weighted by molar-refractivity contribution is -0.123. The first-order valence-corrected chi connectivity index (χ1v) is 11.1. The molecule has 3 aromatic rings. The second-order valence-electron chi connectivity index (χ2n) is 7.34. The molecule has 0 aliphatic carbocycles. The van der Waals surface area contributed by atoms with E-state index in [9.17, 15) is 14.4 Å². The molecule has 0 aliphatic rings. The summed E-state index contributed by atoms with van der Waals surface area (Å²) < 4.78 is 10.8. The Bertz CT molecular complexity index is 1110. The van der Waals surface area contributed by atoms with E-state index in [1.807, 2.05) is 25.3 Å². The molecule has 33 heavy (non-hydrogen) atoms. The van der Waals surface area contributed by atoms with Crippen LogP contribution in [0.2, 0.25) is 0 Å². The molecule has 1 aromatic heterocycles. The molecule has 0 fully saturated rings. The normalized spacial score (nSPS) is 10.4. The Hall–Kier alpha value is -3.85. The fourth-order valence-corrected chi connectivity index (χ4v) is 3.49. The number of benzene rings is 2. The van der Waals surface area contributed by atoms with Gasteiger partial charge in [-0.1, -0.05) is 6.07 Å². The maximum Gasteiger partial charge on any atom is 0.265 e. The van der Waals surface area contributed by atoms with E-state index in [4.69, 9.17) is 9.47 Å². The first-order chi connectivity index (χ1) is 15.9. The largest absolute Gasteiger partial charge is 0.493 e. The molecule has 0 unspecified atom stereocenters. The quantitative estimate of drug-likeness (QED) is 0.438.